The van der Waals surface area contributed by atoms with Gasteiger partial charge in [-0.2, -0.15) is 0 Å². The summed E-state index contributed by atoms with van der Waals surface area (Å²) in [6, 6.07) is -0.932. The quantitative estimate of drug-likeness (QED) is 0.346. The first-order valence-electron chi connectivity index (χ1n) is 18.6. The lowest BCUT2D eigenvalue weighted by Gasteiger charge is -2.60. The van der Waals surface area contributed by atoms with Crippen molar-refractivity contribution < 1.29 is 18.4 Å². The normalized spacial score (nSPS) is 46.4. The van der Waals surface area contributed by atoms with Gasteiger partial charge in [-0.05, 0) is 82.7 Å². The molecule has 4 N–H and O–H groups in total. The zero-order valence-electron chi connectivity index (χ0n) is 28.8. The molecule has 7 fully saturated rings. The first-order valence-corrected chi connectivity index (χ1v) is 18.6. The van der Waals surface area contributed by atoms with Crippen molar-refractivity contribution in [3.63, 3.8) is 0 Å². The van der Waals surface area contributed by atoms with E-state index in [1.54, 1.807) is 0 Å². The minimum Gasteiger partial charge on any atom is -0.334 e. The lowest BCUT2D eigenvalue weighted by Crippen LogP contribution is -2.80. The van der Waals surface area contributed by atoms with Crippen LogP contribution in [0.4, 0.5) is 13.6 Å². The Balaban J connectivity index is 1.28. The molecule has 6 aliphatic heterocycles. The Morgan fingerprint density at radius 3 is 2.55 bits per heavy atom. The molecule has 10 nitrogen and oxygen atoms in total. The smallest absolute Gasteiger partial charge is 0.320 e. The molecule has 7 rings (SSSR count). The van der Waals surface area contributed by atoms with Gasteiger partial charge < -0.3 is 20.4 Å². The van der Waals surface area contributed by atoms with Crippen molar-refractivity contribution in [1.82, 2.24) is 41.1 Å². The number of urea groups is 1. The number of hydrazine groups is 1. The van der Waals surface area contributed by atoms with Gasteiger partial charge in [0.2, 0.25) is 5.91 Å². The number of hydrogen-bond acceptors (Lipinski definition) is 7. The fraction of sp³-hybridized carbons (Fsp3) is 0.886. The van der Waals surface area contributed by atoms with Gasteiger partial charge >= 0.3 is 6.03 Å². The molecule has 6 heterocycles. The van der Waals surface area contributed by atoms with Crippen molar-refractivity contribution in [3.05, 3.63) is 12.7 Å². The largest absolute Gasteiger partial charge is 0.334 e. The molecule has 264 valence electrons. The number of alkyl halides is 2. The topological polar surface area (TPSA) is 95.2 Å². The Hall–Kier alpha value is -1.86. The van der Waals surface area contributed by atoms with E-state index in [1.165, 1.54) is 6.08 Å². The van der Waals surface area contributed by atoms with Crippen LogP contribution in [0.2, 0.25) is 0 Å². The predicted molar refractivity (Wildman–Crippen MR) is 177 cm³/mol. The second kappa shape index (κ2) is 13.5. The molecule has 1 aliphatic carbocycles. The van der Waals surface area contributed by atoms with Gasteiger partial charge in [0.05, 0.1) is 18.4 Å². The number of piperidine rings is 2. The van der Waals surface area contributed by atoms with Crippen molar-refractivity contribution >= 4 is 11.9 Å². The molecule has 2 bridgehead atoms. The van der Waals surface area contributed by atoms with Crippen LogP contribution in [0.1, 0.15) is 72.6 Å². The Morgan fingerprint density at radius 1 is 0.979 bits per heavy atom. The van der Waals surface area contributed by atoms with E-state index in [-0.39, 0.29) is 54.5 Å². The fourth-order valence-electron chi connectivity index (χ4n) is 11.0. The number of carbonyl (C=O) groups excluding carboxylic acids is 2. The van der Waals surface area contributed by atoms with Crippen molar-refractivity contribution in [2.75, 3.05) is 32.7 Å². The maximum Gasteiger partial charge on any atom is 0.320 e. The molecule has 12 unspecified atom stereocenters. The third-order valence-corrected chi connectivity index (χ3v) is 13.2. The lowest BCUT2D eigenvalue weighted by atomic mass is 9.69. The lowest BCUT2D eigenvalue weighted by molar-refractivity contribution is -0.137. The summed E-state index contributed by atoms with van der Waals surface area (Å²) in [6.45, 7) is 15.9. The highest BCUT2D eigenvalue weighted by molar-refractivity contribution is 5.87. The number of nitrogens with one attached hydrogen (secondary N) is 4. The Labute approximate surface area is 279 Å². The maximum atomic E-state index is 16.9. The van der Waals surface area contributed by atoms with Gasteiger partial charge in [0.25, 0.3) is 0 Å². The van der Waals surface area contributed by atoms with Crippen molar-refractivity contribution in [1.29, 1.82) is 0 Å². The van der Waals surface area contributed by atoms with Crippen LogP contribution in [-0.4, -0.2) is 125 Å². The van der Waals surface area contributed by atoms with Gasteiger partial charge in [0.15, 0.2) is 0 Å². The van der Waals surface area contributed by atoms with E-state index < -0.39 is 36.6 Å². The molecule has 12 heteroatoms. The molecule has 7 aliphatic rings. The first-order chi connectivity index (χ1) is 22.6. The third-order valence-electron chi connectivity index (χ3n) is 13.2. The van der Waals surface area contributed by atoms with Gasteiger partial charge in [0, 0.05) is 68.2 Å². The summed E-state index contributed by atoms with van der Waals surface area (Å²) >= 11 is 0. The standard InChI is InChI=1S/C35H58F2N8O2/c1-6-27(46)42-17-21(5)43(18-20(42)4)33-24-15-26(37)30-28-25(36)11-10-23-16-39-44(31(23)28)14-8-7-9-22-12-13-38-29(19(2)3)32(22)45(34(24)40-30)35(47)41-33/h6,19-26,28-34,38-40H,1,7-18H2,2-5H3,(H,41,47)/t20-,21+,22?,23?,24?,25?,26?,28?,29?,30?,31?,32?,33?,34?/m1/s1. The van der Waals surface area contributed by atoms with Crippen LogP contribution >= 0.6 is 0 Å². The molecule has 3 amide bonds. The molecule has 47 heavy (non-hydrogen) atoms. The molecule has 0 aromatic carbocycles. The van der Waals surface area contributed by atoms with Gasteiger partial charge in [-0.3, -0.25) is 20.4 Å². The molecule has 1 saturated carbocycles. The van der Waals surface area contributed by atoms with Gasteiger partial charge in [-0.25, -0.2) is 18.6 Å². The van der Waals surface area contributed by atoms with E-state index in [0.717, 1.165) is 51.7 Å². The van der Waals surface area contributed by atoms with Crippen LogP contribution in [0, 0.1) is 29.6 Å². The molecule has 6 saturated heterocycles. The molecular weight excluding hydrogens is 602 g/mol. The second-order valence-corrected chi connectivity index (χ2v) is 16.2. The summed E-state index contributed by atoms with van der Waals surface area (Å²) in [5.41, 5.74) is 3.60. The summed E-state index contributed by atoms with van der Waals surface area (Å²) in [5.74, 6) is 0.0954. The van der Waals surface area contributed by atoms with E-state index in [1.807, 2.05) is 11.8 Å². The summed E-state index contributed by atoms with van der Waals surface area (Å²) < 4.78 is 33.2. The van der Waals surface area contributed by atoms with Crippen molar-refractivity contribution in [3.8, 4) is 0 Å². The van der Waals surface area contributed by atoms with Crippen LogP contribution in [0.5, 0.6) is 0 Å². The molecule has 0 spiro atoms. The van der Waals surface area contributed by atoms with E-state index in [4.69, 9.17) is 0 Å². The molecular formula is C35H58F2N8O2. The van der Waals surface area contributed by atoms with Crippen LogP contribution in [-0.2, 0) is 4.79 Å². The average Bonchev–Trinajstić information content (AvgIpc) is 3.46. The number of halogens is 2. The summed E-state index contributed by atoms with van der Waals surface area (Å²) in [7, 11) is 0. The van der Waals surface area contributed by atoms with Crippen molar-refractivity contribution in [2.45, 2.75) is 134 Å². The second-order valence-electron chi connectivity index (χ2n) is 16.2. The monoisotopic (exact) mass is 660 g/mol. The summed E-state index contributed by atoms with van der Waals surface area (Å²) in [4.78, 5) is 33.5. The number of amides is 3. The molecule has 14 atom stereocenters. The van der Waals surface area contributed by atoms with E-state index in [9.17, 15) is 9.59 Å². The van der Waals surface area contributed by atoms with Crippen LogP contribution in [0.15, 0.2) is 12.7 Å². The highest BCUT2D eigenvalue weighted by atomic mass is 19.1. The average molecular weight is 661 g/mol. The highest BCUT2D eigenvalue weighted by Gasteiger charge is 2.59. The highest BCUT2D eigenvalue weighted by Crippen LogP contribution is 2.46. The SMILES string of the molecule is C=CC(=O)N1C[C@H](C)N(C2NC(=O)N3C4NC(C(F)CC42)C2C(F)CCC4CNN(CCCCC5CCNC(C(C)C)C53)C42)C[C@H]1C. The number of hydrogen-bond donors (Lipinski definition) is 4. The number of rotatable bonds is 3. The van der Waals surface area contributed by atoms with Crippen LogP contribution < -0.4 is 21.4 Å². The van der Waals surface area contributed by atoms with Crippen LogP contribution in [0.3, 0.4) is 0 Å². The van der Waals surface area contributed by atoms with E-state index >= 15 is 8.78 Å². The zero-order chi connectivity index (χ0) is 33.1. The molecule has 0 radical (unpaired) electrons. The van der Waals surface area contributed by atoms with Gasteiger partial charge in [-0.1, -0.05) is 26.8 Å². The number of carbonyl (C=O) groups is 2. The Kier molecular flexibility index (Phi) is 9.63. The van der Waals surface area contributed by atoms with Crippen LogP contribution in [0.25, 0.3) is 0 Å². The summed E-state index contributed by atoms with van der Waals surface area (Å²) in [6.07, 6.45) is 3.78. The van der Waals surface area contributed by atoms with E-state index in [0.29, 0.717) is 37.3 Å². The number of piperazine rings is 1. The minimum atomic E-state index is -1.25. The Bertz CT molecular complexity index is 1180. The van der Waals surface area contributed by atoms with Gasteiger partial charge in [0.1, 0.15) is 12.3 Å². The number of nitrogens with zero attached hydrogens (tertiary/aromatic N) is 4. The Morgan fingerprint density at radius 2 is 1.79 bits per heavy atom. The van der Waals surface area contributed by atoms with E-state index in [2.05, 4.69) is 63.5 Å². The summed E-state index contributed by atoms with van der Waals surface area (Å²) in [5, 5.41) is 13.2. The van der Waals surface area contributed by atoms with Gasteiger partial charge in [-0.15, -0.1) is 0 Å². The predicted octanol–water partition coefficient (Wildman–Crippen LogP) is 2.83. The van der Waals surface area contributed by atoms with Crippen molar-refractivity contribution in [2.24, 2.45) is 29.6 Å². The minimum absolute atomic E-state index is 0.0440. The number of fused-ring (bicyclic) bond motifs is 4. The fourth-order valence-corrected chi connectivity index (χ4v) is 11.0. The first kappa shape index (κ1) is 33.6. The zero-order valence-corrected chi connectivity index (χ0v) is 28.8. The third kappa shape index (κ3) is 5.91. The molecule has 0 aromatic rings. The maximum absolute atomic E-state index is 16.9. The molecule has 0 aromatic heterocycles.